The molecule has 0 aromatic heterocycles. The number of hydrogen-bond donors (Lipinski definition) is 1. The molecule has 0 radical (unpaired) electrons. The van der Waals surface area contributed by atoms with Crippen LogP contribution in [0.4, 0.5) is 0 Å². The largest absolute Gasteiger partial charge is 0.379 e. The van der Waals surface area contributed by atoms with Crippen molar-refractivity contribution in [3.05, 3.63) is 0 Å². The van der Waals surface area contributed by atoms with Crippen molar-refractivity contribution in [2.45, 2.75) is 46.1 Å². The van der Waals surface area contributed by atoms with Crippen LogP contribution in [0, 0.1) is 5.92 Å². The van der Waals surface area contributed by atoms with Crippen molar-refractivity contribution in [3.8, 4) is 0 Å². The zero-order valence-electron chi connectivity index (χ0n) is 11.6. The highest BCUT2D eigenvalue weighted by atomic mass is 32.2. The zero-order chi connectivity index (χ0) is 12.7. The average molecular weight is 258 g/mol. The minimum atomic E-state index is 0.239. The molecule has 1 rings (SSSR count). The molecule has 1 fully saturated rings. The Balaban J connectivity index is 2.25. The summed E-state index contributed by atoms with van der Waals surface area (Å²) in [4.78, 5) is 4.57. The molecule has 1 saturated heterocycles. The van der Waals surface area contributed by atoms with Gasteiger partial charge in [-0.3, -0.25) is 4.99 Å². The summed E-state index contributed by atoms with van der Waals surface area (Å²) in [5.74, 6) is 1.77. The van der Waals surface area contributed by atoms with E-state index in [1.807, 2.05) is 11.8 Å². The van der Waals surface area contributed by atoms with Gasteiger partial charge >= 0.3 is 0 Å². The second kappa shape index (κ2) is 7.27. The summed E-state index contributed by atoms with van der Waals surface area (Å²) in [6.07, 6.45) is 2.37. The SMILES string of the molecule is CCC1(C)CCSC(=NCCOCC(C)C)N1. The van der Waals surface area contributed by atoms with E-state index < -0.39 is 0 Å². The van der Waals surface area contributed by atoms with Crippen LogP contribution < -0.4 is 5.32 Å². The van der Waals surface area contributed by atoms with Crippen molar-refractivity contribution in [1.29, 1.82) is 0 Å². The number of amidine groups is 1. The van der Waals surface area contributed by atoms with Crippen molar-refractivity contribution in [1.82, 2.24) is 5.32 Å². The summed E-state index contributed by atoms with van der Waals surface area (Å²) in [5.41, 5.74) is 0.239. The van der Waals surface area contributed by atoms with Gasteiger partial charge in [-0.1, -0.05) is 32.5 Å². The third-order valence-corrected chi connectivity index (χ3v) is 3.94. The first-order chi connectivity index (χ1) is 8.06. The molecule has 0 bridgehead atoms. The average Bonchev–Trinajstić information content (AvgIpc) is 2.28. The summed E-state index contributed by atoms with van der Waals surface area (Å²) in [7, 11) is 0. The fraction of sp³-hybridized carbons (Fsp3) is 0.923. The first kappa shape index (κ1) is 14.8. The molecule has 0 aromatic rings. The molecule has 0 saturated carbocycles. The normalized spacial score (nSPS) is 27.5. The number of nitrogens with one attached hydrogen (secondary N) is 1. The minimum Gasteiger partial charge on any atom is -0.379 e. The Bertz CT molecular complexity index is 256. The van der Waals surface area contributed by atoms with Gasteiger partial charge in [-0.05, 0) is 25.7 Å². The highest BCUT2D eigenvalue weighted by molar-refractivity contribution is 8.13. The fourth-order valence-electron chi connectivity index (χ4n) is 1.61. The molecule has 100 valence electrons. The summed E-state index contributed by atoms with van der Waals surface area (Å²) >= 11 is 1.83. The maximum Gasteiger partial charge on any atom is 0.157 e. The Morgan fingerprint density at radius 3 is 2.94 bits per heavy atom. The molecule has 1 unspecified atom stereocenters. The van der Waals surface area contributed by atoms with Crippen molar-refractivity contribution in [3.63, 3.8) is 0 Å². The van der Waals surface area contributed by atoms with Gasteiger partial charge in [0.1, 0.15) is 0 Å². The number of thioether (sulfide) groups is 1. The standard InChI is InChI=1S/C13H26N2OS/c1-5-13(4)6-9-17-12(15-13)14-7-8-16-10-11(2)3/h11H,5-10H2,1-4H3,(H,14,15). The Morgan fingerprint density at radius 2 is 2.29 bits per heavy atom. The molecule has 17 heavy (non-hydrogen) atoms. The monoisotopic (exact) mass is 258 g/mol. The number of rotatable bonds is 6. The van der Waals surface area contributed by atoms with E-state index in [0.717, 1.165) is 31.3 Å². The number of ether oxygens (including phenoxy) is 1. The summed E-state index contributed by atoms with van der Waals surface area (Å²) in [6.45, 7) is 11.2. The predicted octanol–water partition coefficient (Wildman–Crippen LogP) is 2.91. The number of nitrogens with zero attached hydrogens (tertiary/aromatic N) is 1. The first-order valence-corrected chi connectivity index (χ1v) is 7.57. The zero-order valence-corrected chi connectivity index (χ0v) is 12.4. The molecule has 0 aromatic carbocycles. The second-order valence-corrected chi connectivity index (χ2v) is 6.38. The van der Waals surface area contributed by atoms with Gasteiger partial charge in [-0.2, -0.15) is 0 Å². The maximum atomic E-state index is 5.52. The van der Waals surface area contributed by atoms with Crippen LogP contribution in [-0.4, -0.2) is 36.2 Å². The van der Waals surface area contributed by atoms with E-state index in [-0.39, 0.29) is 5.54 Å². The van der Waals surface area contributed by atoms with Gasteiger partial charge in [0.25, 0.3) is 0 Å². The Kier molecular flexibility index (Phi) is 6.34. The van der Waals surface area contributed by atoms with E-state index in [1.54, 1.807) is 0 Å². The van der Waals surface area contributed by atoms with Gasteiger partial charge in [0, 0.05) is 17.9 Å². The lowest BCUT2D eigenvalue weighted by molar-refractivity contribution is 0.117. The molecule has 1 heterocycles. The van der Waals surface area contributed by atoms with Crippen molar-refractivity contribution in [2.75, 3.05) is 25.5 Å². The van der Waals surface area contributed by atoms with Crippen LogP contribution in [-0.2, 0) is 4.74 Å². The quantitative estimate of drug-likeness (QED) is 0.744. The molecule has 1 aliphatic rings. The number of aliphatic imine (C=N–C) groups is 1. The van der Waals surface area contributed by atoms with Gasteiger partial charge < -0.3 is 10.1 Å². The minimum absolute atomic E-state index is 0.239. The van der Waals surface area contributed by atoms with Crippen LogP contribution in [0.25, 0.3) is 0 Å². The molecular formula is C13H26N2OS. The summed E-state index contributed by atoms with van der Waals surface area (Å²) < 4.78 is 5.52. The lowest BCUT2D eigenvalue weighted by atomic mass is 9.96. The third-order valence-electron chi connectivity index (χ3n) is 3.02. The molecule has 1 atom stereocenters. The lowest BCUT2D eigenvalue weighted by Crippen LogP contribution is -2.48. The van der Waals surface area contributed by atoms with E-state index in [0.29, 0.717) is 5.92 Å². The van der Waals surface area contributed by atoms with Gasteiger partial charge in [-0.15, -0.1) is 0 Å². The van der Waals surface area contributed by atoms with E-state index in [2.05, 4.69) is 38.0 Å². The van der Waals surface area contributed by atoms with Gasteiger partial charge in [0.2, 0.25) is 0 Å². The van der Waals surface area contributed by atoms with Gasteiger partial charge in [0.05, 0.1) is 13.2 Å². The highest BCUT2D eigenvalue weighted by Crippen LogP contribution is 2.24. The van der Waals surface area contributed by atoms with Crippen LogP contribution in [0.1, 0.15) is 40.5 Å². The smallest absolute Gasteiger partial charge is 0.157 e. The van der Waals surface area contributed by atoms with E-state index >= 15 is 0 Å². The molecule has 4 heteroatoms. The van der Waals surface area contributed by atoms with E-state index in [1.165, 1.54) is 12.2 Å². The van der Waals surface area contributed by atoms with E-state index in [4.69, 9.17) is 4.74 Å². The predicted molar refractivity (Wildman–Crippen MR) is 76.9 cm³/mol. The topological polar surface area (TPSA) is 33.6 Å². The highest BCUT2D eigenvalue weighted by Gasteiger charge is 2.27. The molecule has 0 amide bonds. The Labute approximate surface area is 110 Å². The van der Waals surface area contributed by atoms with Gasteiger partial charge in [0.15, 0.2) is 5.17 Å². The van der Waals surface area contributed by atoms with Gasteiger partial charge in [-0.25, -0.2) is 0 Å². The van der Waals surface area contributed by atoms with Crippen molar-refractivity contribution in [2.24, 2.45) is 10.9 Å². The molecule has 3 nitrogen and oxygen atoms in total. The molecule has 1 aliphatic heterocycles. The summed E-state index contributed by atoms with van der Waals surface area (Å²) in [6, 6.07) is 0. The first-order valence-electron chi connectivity index (χ1n) is 6.59. The van der Waals surface area contributed by atoms with Crippen LogP contribution in [0.15, 0.2) is 4.99 Å². The van der Waals surface area contributed by atoms with Crippen LogP contribution in [0.5, 0.6) is 0 Å². The molecule has 1 N–H and O–H groups in total. The Hall–Kier alpha value is -0.220. The molecule has 0 aliphatic carbocycles. The van der Waals surface area contributed by atoms with Crippen LogP contribution >= 0.6 is 11.8 Å². The maximum absolute atomic E-state index is 5.52. The van der Waals surface area contributed by atoms with E-state index in [9.17, 15) is 0 Å². The Morgan fingerprint density at radius 1 is 1.53 bits per heavy atom. The van der Waals surface area contributed by atoms with Crippen LogP contribution in [0.3, 0.4) is 0 Å². The lowest BCUT2D eigenvalue weighted by Gasteiger charge is -2.35. The van der Waals surface area contributed by atoms with Crippen LogP contribution in [0.2, 0.25) is 0 Å². The summed E-state index contributed by atoms with van der Waals surface area (Å²) in [5, 5.41) is 4.63. The van der Waals surface area contributed by atoms with Crippen molar-refractivity contribution >= 4 is 16.9 Å². The second-order valence-electron chi connectivity index (χ2n) is 5.29. The molecular weight excluding hydrogens is 232 g/mol. The van der Waals surface area contributed by atoms with Crippen molar-refractivity contribution < 1.29 is 4.74 Å². The third kappa shape index (κ3) is 5.77. The fourth-order valence-corrected chi connectivity index (χ4v) is 2.86. The number of hydrogen-bond acceptors (Lipinski definition) is 3. The molecule has 0 spiro atoms.